The first-order chi connectivity index (χ1) is 10.6. The zero-order chi connectivity index (χ0) is 17.4. The Hall–Kier alpha value is -1.45. The summed E-state index contributed by atoms with van der Waals surface area (Å²) >= 11 is 0. The first-order valence-electron chi connectivity index (χ1n) is 7.51. The number of nitrogens with zero attached hydrogens (tertiary/aromatic N) is 1. The van der Waals surface area contributed by atoms with E-state index in [9.17, 15) is 18.0 Å². The lowest BCUT2D eigenvalue weighted by atomic mass is 9.83. The van der Waals surface area contributed by atoms with Gasteiger partial charge in [0.25, 0.3) is 15.7 Å². The van der Waals surface area contributed by atoms with Gasteiger partial charge in [-0.05, 0) is 12.8 Å². The highest BCUT2D eigenvalue weighted by Crippen LogP contribution is 2.46. The molecular weight excluding hydrogens is 324 g/mol. The van der Waals surface area contributed by atoms with Crippen LogP contribution in [0.5, 0.6) is 0 Å². The molecule has 2 heterocycles. The molecule has 1 aromatic rings. The predicted octanol–water partition coefficient (Wildman–Crippen LogP) is 0.605. The van der Waals surface area contributed by atoms with Crippen LogP contribution in [0.1, 0.15) is 39.8 Å². The molecule has 23 heavy (non-hydrogen) atoms. The molecule has 2 rings (SSSR count). The van der Waals surface area contributed by atoms with Crippen molar-refractivity contribution in [2.45, 2.75) is 51.5 Å². The maximum atomic E-state index is 12.1. The Morgan fingerprint density at radius 1 is 1.35 bits per heavy atom. The van der Waals surface area contributed by atoms with Crippen LogP contribution in [-0.2, 0) is 19.0 Å². The van der Waals surface area contributed by atoms with Gasteiger partial charge >= 0.3 is 5.69 Å². The topological polar surface area (TPSA) is 107 Å². The fourth-order valence-corrected chi connectivity index (χ4v) is 3.86. The van der Waals surface area contributed by atoms with E-state index < -0.39 is 39.3 Å². The van der Waals surface area contributed by atoms with Gasteiger partial charge in [0.2, 0.25) is 0 Å². The van der Waals surface area contributed by atoms with Gasteiger partial charge in [0, 0.05) is 18.2 Å². The van der Waals surface area contributed by atoms with E-state index in [0.717, 1.165) is 6.26 Å². The fourth-order valence-electron chi connectivity index (χ4n) is 3.20. The molecule has 0 amide bonds. The third kappa shape index (κ3) is 3.41. The Kier molecular flexibility index (Phi) is 4.84. The second-order valence-electron chi connectivity index (χ2n) is 5.85. The van der Waals surface area contributed by atoms with Crippen molar-refractivity contribution in [2.75, 3.05) is 6.26 Å². The largest absolute Gasteiger partial charge is 0.348 e. The average Bonchev–Trinajstić information content (AvgIpc) is 2.71. The summed E-state index contributed by atoms with van der Waals surface area (Å²) < 4.78 is 35.7. The summed E-state index contributed by atoms with van der Waals surface area (Å²) in [5.41, 5.74) is -1.80. The van der Waals surface area contributed by atoms with Crippen molar-refractivity contribution in [3.8, 4) is 0 Å². The molecule has 0 aliphatic carbocycles. The van der Waals surface area contributed by atoms with Crippen LogP contribution in [0.4, 0.5) is 0 Å². The molecule has 1 aliphatic rings. The summed E-state index contributed by atoms with van der Waals surface area (Å²) in [5, 5.41) is 0. The Morgan fingerprint density at radius 3 is 2.43 bits per heavy atom. The van der Waals surface area contributed by atoms with Crippen LogP contribution in [0.2, 0.25) is 0 Å². The van der Waals surface area contributed by atoms with Crippen LogP contribution in [0.15, 0.2) is 21.9 Å². The van der Waals surface area contributed by atoms with Gasteiger partial charge in [-0.15, -0.1) is 0 Å². The average molecular weight is 346 g/mol. The summed E-state index contributed by atoms with van der Waals surface area (Å²) in [7, 11) is -3.74. The van der Waals surface area contributed by atoms with Crippen LogP contribution < -0.4 is 11.2 Å². The van der Waals surface area contributed by atoms with E-state index in [4.69, 9.17) is 8.92 Å². The van der Waals surface area contributed by atoms with Gasteiger partial charge < -0.3 is 4.74 Å². The molecule has 0 radical (unpaired) electrons. The van der Waals surface area contributed by atoms with E-state index in [2.05, 4.69) is 4.98 Å². The van der Waals surface area contributed by atoms with E-state index in [1.165, 1.54) is 16.8 Å². The number of rotatable bonds is 5. The van der Waals surface area contributed by atoms with E-state index >= 15 is 0 Å². The number of aromatic amines is 1. The molecule has 8 nitrogen and oxygen atoms in total. The lowest BCUT2D eigenvalue weighted by Gasteiger charge is -2.30. The van der Waals surface area contributed by atoms with Crippen molar-refractivity contribution in [1.82, 2.24) is 9.55 Å². The summed E-state index contributed by atoms with van der Waals surface area (Å²) in [5.74, 6) is -0.254. The molecule has 1 fully saturated rings. The SMILES string of the molecule is CCC1(CC)O[C@@H](n2ccc(=O)[nH]c2=O)[C@H](OS(C)(=O)=O)[C@@H]1C. The maximum Gasteiger partial charge on any atom is 0.330 e. The minimum absolute atomic E-state index is 0.254. The second kappa shape index (κ2) is 6.21. The number of hydrogen-bond donors (Lipinski definition) is 1. The molecule has 0 aromatic carbocycles. The maximum absolute atomic E-state index is 12.1. The van der Waals surface area contributed by atoms with E-state index in [1.54, 1.807) is 0 Å². The van der Waals surface area contributed by atoms with Gasteiger partial charge in [-0.25, -0.2) is 4.79 Å². The number of aromatic nitrogens is 2. The number of H-pyrrole nitrogens is 1. The third-order valence-electron chi connectivity index (χ3n) is 4.57. The molecule has 1 saturated heterocycles. The molecule has 9 heteroatoms. The standard InChI is InChI=1S/C14H22N2O6S/c1-5-14(6-2)9(3)11(22-23(4,19)20)12(21-14)16-8-7-10(17)15-13(16)18/h7-9,11-12H,5-6H2,1-4H3,(H,15,17,18)/t9-,11+,12+/m0/s1. The van der Waals surface area contributed by atoms with Gasteiger partial charge in [-0.1, -0.05) is 20.8 Å². The third-order valence-corrected chi connectivity index (χ3v) is 5.14. The number of nitrogens with one attached hydrogen (secondary N) is 1. The van der Waals surface area contributed by atoms with Crippen molar-refractivity contribution in [1.29, 1.82) is 0 Å². The molecule has 1 N–H and O–H groups in total. The summed E-state index contributed by atoms with van der Waals surface area (Å²) in [4.78, 5) is 25.4. The summed E-state index contributed by atoms with van der Waals surface area (Å²) in [6.45, 7) is 5.73. The van der Waals surface area contributed by atoms with E-state index in [1.807, 2.05) is 20.8 Å². The Morgan fingerprint density at radius 2 is 1.96 bits per heavy atom. The van der Waals surface area contributed by atoms with Crippen molar-refractivity contribution in [3.63, 3.8) is 0 Å². The predicted molar refractivity (Wildman–Crippen MR) is 83.6 cm³/mol. The molecule has 0 bridgehead atoms. The highest BCUT2D eigenvalue weighted by Gasteiger charge is 2.53. The van der Waals surface area contributed by atoms with Gasteiger partial charge in [-0.2, -0.15) is 8.42 Å². The minimum Gasteiger partial charge on any atom is -0.348 e. The monoisotopic (exact) mass is 346 g/mol. The fraction of sp³-hybridized carbons (Fsp3) is 0.714. The van der Waals surface area contributed by atoms with Crippen LogP contribution in [-0.4, -0.2) is 35.9 Å². The van der Waals surface area contributed by atoms with Crippen LogP contribution in [0.3, 0.4) is 0 Å². The second-order valence-corrected chi connectivity index (χ2v) is 7.45. The van der Waals surface area contributed by atoms with Crippen LogP contribution in [0, 0.1) is 5.92 Å². The minimum atomic E-state index is -3.74. The van der Waals surface area contributed by atoms with Crippen LogP contribution in [0.25, 0.3) is 0 Å². The quantitative estimate of drug-likeness (QED) is 0.783. The first-order valence-corrected chi connectivity index (χ1v) is 9.32. The van der Waals surface area contributed by atoms with Crippen molar-refractivity contribution < 1.29 is 17.3 Å². The number of ether oxygens (including phenoxy) is 1. The van der Waals surface area contributed by atoms with Gasteiger partial charge in [0.05, 0.1) is 11.9 Å². The first kappa shape index (κ1) is 17.9. The zero-order valence-electron chi connectivity index (χ0n) is 13.6. The lowest BCUT2D eigenvalue weighted by molar-refractivity contribution is -0.0960. The van der Waals surface area contributed by atoms with Gasteiger partial charge in [0.15, 0.2) is 6.23 Å². The van der Waals surface area contributed by atoms with E-state index in [0.29, 0.717) is 12.8 Å². The molecule has 0 saturated carbocycles. The van der Waals surface area contributed by atoms with Crippen molar-refractivity contribution >= 4 is 10.1 Å². The Labute approximate surface area is 134 Å². The smallest absolute Gasteiger partial charge is 0.330 e. The molecule has 3 atom stereocenters. The van der Waals surface area contributed by atoms with Gasteiger partial charge in [-0.3, -0.25) is 18.5 Å². The molecule has 130 valence electrons. The van der Waals surface area contributed by atoms with Gasteiger partial charge in [0.1, 0.15) is 6.10 Å². The Bertz CT molecular complexity index is 777. The lowest BCUT2D eigenvalue weighted by Crippen LogP contribution is -2.38. The molecule has 0 spiro atoms. The normalized spacial score (nSPS) is 27.2. The molecule has 1 aromatic heterocycles. The number of hydrogen-bond acceptors (Lipinski definition) is 6. The molecular formula is C14H22N2O6S. The Balaban J connectivity index is 2.53. The van der Waals surface area contributed by atoms with Crippen molar-refractivity contribution in [3.05, 3.63) is 33.1 Å². The summed E-state index contributed by atoms with van der Waals surface area (Å²) in [6, 6.07) is 1.19. The van der Waals surface area contributed by atoms with E-state index in [-0.39, 0.29) is 5.92 Å². The molecule has 1 aliphatic heterocycles. The highest BCUT2D eigenvalue weighted by atomic mass is 32.2. The summed E-state index contributed by atoms with van der Waals surface area (Å²) in [6.07, 6.45) is 1.76. The van der Waals surface area contributed by atoms with Crippen molar-refractivity contribution in [2.24, 2.45) is 5.92 Å². The zero-order valence-corrected chi connectivity index (χ0v) is 14.4. The van der Waals surface area contributed by atoms with Crippen LogP contribution >= 0.6 is 0 Å². The highest BCUT2D eigenvalue weighted by molar-refractivity contribution is 7.86. The molecule has 0 unspecified atom stereocenters.